The van der Waals surface area contributed by atoms with Gasteiger partial charge in [0.15, 0.2) is 5.82 Å². The van der Waals surface area contributed by atoms with Crippen LogP contribution in [0.25, 0.3) is 0 Å². The van der Waals surface area contributed by atoms with Crippen molar-refractivity contribution in [2.75, 3.05) is 19.8 Å². The molecular formula is C13H21N3O3. The smallest absolute Gasteiger partial charge is 0.249 e. The van der Waals surface area contributed by atoms with Gasteiger partial charge in [0.05, 0.1) is 0 Å². The van der Waals surface area contributed by atoms with Crippen LogP contribution < -0.4 is 0 Å². The molecule has 0 bridgehead atoms. The Morgan fingerprint density at radius 3 is 3.00 bits per heavy atom. The minimum atomic E-state index is -0.0884. The van der Waals surface area contributed by atoms with Crippen molar-refractivity contribution in [1.29, 1.82) is 0 Å². The first-order valence-electron chi connectivity index (χ1n) is 6.96. The van der Waals surface area contributed by atoms with Crippen LogP contribution in [0.4, 0.5) is 0 Å². The average Bonchev–Trinajstić information content (AvgIpc) is 2.93. The van der Waals surface area contributed by atoms with Gasteiger partial charge in [0.1, 0.15) is 12.6 Å². The van der Waals surface area contributed by atoms with Crippen LogP contribution in [-0.4, -0.2) is 40.7 Å². The van der Waals surface area contributed by atoms with Gasteiger partial charge in [-0.15, -0.1) is 0 Å². The zero-order valence-corrected chi connectivity index (χ0v) is 11.6. The van der Waals surface area contributed by atoms with E-state index < -0.39 is 0 Å². The van der Waals surface area contributed by atoms with Crippen molar-refractivity contribution in [3.8, 4) is 0 Å². The molecular weight excluding hydrogens is 246 g/mol. The van der Waals surface area contributed by atoms with Crippen LogP contribution in [0.3, 0.4) is 0 Å². The van der Waals surface area contributed by atoms with Crippen molar-refractivity contribution < 1.29 is 14.1 Å². The molecule has 106 valence electrons. The number of likely N-dealkylation sites (tertiary alicyclic amines) is 1. The van der Waals surface area contributed by atoms with E-state index in [9.17, 15) is 4.79 Å². The Hall–Kier alpha value is -1.43. The van der Waals surface area contributed by atoms with Crippen LogP contribution in [0.1, 0.15) is 50.9 Å². The third-order valence-electron chi connectivity index (χ3n) is 3.34. The molecule has 0 saturated carbocycles. The SMILES string of the molecule is CCOCC(=O)N1CCCC[C@@H]1c1nc(CC)no1. The molecule has 1 fully saturated rings. The first kappa shape index (κ1) is 14.0. The van der Waals surface area contributed by atoms with E-state index in [4.69, 9.17) is 9.26 Å². The highest BCUT2D eigenvalue weighted by Crippen LogP contribution is 2.29. The quantitative estimate of drug-likeness (QED) is 0.812. The maximum atomic E-state index is 12.1. The van der Waals surface area contributed by atoms with Gasteiger partial charge in [0, 0.05) is 19.6 Å². The summed E-state index contributed by atoms with van der Waals surface area (Å²) in [5.41, 5.74) is 0. The van der Waals surface area contributed by atoms with E-state index in [1.807, 2.05) is 18.7 Å². The maximum absolute atomic E-state index is 12.1. The predicted molar refractivity (Wildman–Crippen MR) is 68.5 cm³/mol. The molecule has 1 aliphatic heterocycles. The second-order valence-electron chi connectivity index (χ2n) is 4.64. The van der Waals surface area contributed by atoms with Crippen LogP contribution in [-0.2, 0) is 16.0 Å². The number of aryl methyl sites for hydroxylation is 1. The van der Waals surface area contributed by atoms with Gasteiger partial charge in [-0.2, -0.15) is 4.98 Å². The summed E-state index contributed by atoms with van der Waals surface area (Å²) < 4.78 is 10.5. The van der Waals surface area contributed by atoms with Crippen molar-refractivity contribution in [1.82, 2.24) is 15.0 Å². The van der Waals surface area contributed by atoms with Crippen molar-refractivity contribution in [3.05, 3.63) is 11.7 Å². The average molecular weight is 267 g/mol. The third-order valence-corrected chi connectivity index (χ3v) is 3.34. The Bertz CT molecular complexity index is 419. The van der Waals surface area contributed by atoms with Gasteiger partial charge >= 0.3 is 0 Å². The summed E-state index contributed by atoms with van der Waals surface area (Å²) in [7, 11) is 0. The Kier molecular flexibility index (Phi) is 4.90. The normalized spacial score (nSPS) is 19.7. The first-order chi connectivity index (χ1) is 9.26. The number of ether oxygens (including phenoxy) is 1. The molecule has 0 aliphatic carbocycles. The molecule has 0 spiro atoms. The van der Waals surface area contributed by atoms with E-state index in [0.717, 1.165) is 32.2 Å². The highest BCUT2D eigenvalue weighted by molar-refractivity contribution is 5.78. The fourth-order valence-corrected chi connectivity index (χ4v) is 2.31. The van der Waals surface area contributed by atoms with E-state index in [-0.39, 0.29) is 18.6 Å². The molecule has 1 saturated heterocycles. The molecule has 2 heterocycles. The Labute approximate surface area is 113 Å². The summed E-state index contributed by atoms with van der Waals surface area (Å²) in [6.07, 6.45) is 3.71. The van der Waals surface area contributed by atoms with E-state index in [2.05, 4.69) is 10.1 Å². The van der Waals surface area contributed by atoms with Crippen LogP contribution in [0, 0.1) is 0 Å². The summed E-state index contributed by atoms with van der Waals surface area (Å²) in [5.74, 6) is 1.25. The van der Waals surface area contributed by atoms with Crippen LogP contribution in [0.2, 0.25) is 0 Å². The van der Waals surface area contributed by atoms with Gasteiger partial charge in [0.2, 0.25) is 11.8 Å². The minimum absolute atomic E-state index is 0.00259. The highest BCUT2D eigenvalue weighted by atomic mass is 16.5. The number of carbonyl (C=O) groups is 1. The Morgan fingerprint density at radius 1 is 1.47 bits per heavy atom. The Morgan fingerprint density at radius 2 is 2.32 bits per heavy atom. The molecule has 1 aromatic heterocycles. The number of rotatable bonds is 5. The van der Waals surface area contributed by atoms with Crippen molar-refractivity contribution in [3.63, 3.8) is 0 Å². The van der Waals surface area contributed by atoms with Gasteiger partial charge in [-0.25, -0.2) is 0 Å². The fourth-order valence-electron chi connectivity index (χ4n) is 2.31. The summed E-state index contributed by atoms with van der Waals surface area (Å²) in [6.45, 7) is 5.27. The second-order valence-corrected chi connectivity index (χ2v) is 4.64. The molecule has 1 atom stereocenters. The lowest BCUT2D eigenvalue weighted by Crippen LogP contribution is -2.40. The van der Waals surface area contributed by atoms with Crippen molar-refractivity contribution >= 4 is 5.91 Å². The van der Waals surface area contributed by atoms with Gasteiger partial charge in [-0.05, 0) is 26.2 Å². The van der Waals surface area contributed by atoms with Crippen LogP contribution in [0.15, 0.2) is 4.52 Å². The molecule has 19 heavy (non-hydrogen) atoms. The standard InChI is InChI=1S/C13H21N3O3/c1-3-11-14-13(19-15-11)10-7-5-6-8-16(10)12(17)9-18-4-2/h10H,3-9H2,1-2H3/t10-/m1/s1. The largest absolute Gasteiger partial charge is 0.372 e. The zero-order chi connectivity index (χ0) is 13.7. The van der Waals surface area contributed by atoms with Crippen molar-refractivity contribution in [2.45, 2.75) is 45.6 Å². The molecule has 0 radical (unpaired) electrons. The number of nitrogens with zero attached hydrogens (tertiary/aromatic N) is 3. The Balaban J connectivity index is 2.08. The number of hydrogen-bond donors (Lipinski definition) is 0. The first-order valence-corrected chi connectivity index (χ1v) is 6.96. The summed E-state index contributed by atoms with van der Waals surface area (Å²) >= 11 is 0. The molecule has 0 aromatic carbocycles. The summed E-state index contributed by atoms with van der Waals surface area (Å²) in [5, 5.41) is 3.91. The van der Waals surface area contributed by atoms with Gasteiger partial charge in [0.25, 0.3) is 0 Å². The molecule has 1 amide bonds. The van der Waals surface area contributed by atoms with Gasteiger partial charge in [-0.1, -0.05) is 12.1 Å². The summed E-state index contributed by atoms with van der Waals surface area (Å²) in [6, 6.07) is -0.0884. The molecule has 6 heteroatoms. The molecule has 0 N–H and O–H groups in total. The number of piperidine rings is 1. The maximum Gasteiger partial charge on any atom is 0.249 e. The van der Waals surface area contributed by atoms with Crippen LogP contribution in [0.5, 0.6) is 0 Å². The topological polar surface area (TPSA) is 68.5 Å². The van der Waals surface area contributed by atoms with Crippen molar-refractivity contribution in [2.24, 2.45) is 0 Å². The number of amides is 1. The lowest BCUT2D eigenvalue weighted by Gasteiger charge is -2.33. The molecule has 1 aromatic rings. The van der Waals surface area contributed by atoms with E-state index in [0.29, 0.717) is 18.3 Å². The van der Waals surface area contributed by atoms with Gasteiger partial charge in [-0.3, -0.25) is 4.79 Å². The van der Waals surface area contributed by atoms with Crippen LogP contribution >= 0.6 is 0 Å². The highest BCUT2D eigenvalue weighted by Gasteiger charge is 2.31. The lowest BCUT2D eigenvalue weighted by molar-refractivity contribution is -0.140. The van der Waals surface area contributed by atoms with Gasteiger partial charge < -0.3 is 14.2 Å². The zero-order valence-electron chi connectivity index (χ0n) is 11.6. The number of hydrogen-bond acceptors (Lipinski definition) is 5. The molecule has 0 unspecified atom stereocenters. The number of aromatic nitrogens is 2. The fraction of sp³-hybridized carbons (Fsp3) is 0.769. The van der Waals surface area contributed by atoms with E-state index in [1.54, 1.807) is 0 Å². The summed E-state index contributed by atoms with van der Waals surface area (Å²) in [4.78, 5) is 18.3. The van der Waals surface area contributed by atoms with E-state index >= 15 is 0 Å². The molecule has 2 rings (SSSR count). The number of carbonyl (C=O) groups excluding carboxylic acids is 1. The van der Waals surface area contributed by atoms with E-state index in [1.165, 1.54) is 0 Å². The third kappa shape index (κ3) is 3.32. The predicted octanol–water partition coefficient (Wildman–Crippen LogP) is 1.72. The molecule has 6 nitrogen and oxygen atoms in total. The second kappa shape index (κ2) is 6.65. The molecule has 1 aliphatic rings. The monoisotopic (exact) mass is 267 g/mol. The minimum Gasteiger partial charge on any atom is -0.372 e. The lowest BCUT2D eigenvalue weighted by atomic mass is 10.0.